The molecule has 1 saturated heterocycles. The third kappa shape index (κ3) is 1.76. The fraction of sp³-hybridized carbons (Fsp3) is 0.727. The lowest BCUT2D eigenvalue weighted by Gasteiger charge is -2.56. The van der Waals surface area contributed by atoms with Gasteiger partial charge in [-0.15, -0.1) is 0 Å². The standard InChI is InChI=1S/C22H28O6/c1-11-6-13-14-8-16(25)15-7-12(24)4-5-19(15,2)22(14)18(28-22)9-20(13,3)21(11,27)17(26)10-23/h4-5,7,11,13-14,16,18,23,25,27H,6,8-10H2,1-3H3/t11-,13?,14?,16+,18+,19+,20+,21+,22-/m1/s1. The van der Waals surface area contributed by atoms with Crippen molar-refractivity contribution < 1.29 is 29.6 Å². The highest BCUT2D eigenvalue weighted by Crippen LogP contribution is 2.76. The molecule has 4 fully saturated rings. The van der Waals surface area contributed by atoms with Crippen LogP contribution in [0.3, 0.4) is 0 Å². The van der Waals surface area contributed by atoms with Gasteiger partial charge in [0, 0.05) is 10.8 Å². The number of aliphatic hydroxyl groups is 3. The van der Waals surface area contributed by atoms with Gasteiger partial charge in [-0.2, -0.15) is 0 Å². The molecule has 152 valence electrons. The highest BCUT2D eigenvalue weighted by atomic mass is 16.6. The lowest BCUT2D eigenvalue weighted by molar-refractivity contribution is -0.166. The summed E-state index contributed by atoms with van der Waals surface area (Å²) in [6, 6.07) is 0. The average molecular weight is 388 g/mol. The molecule has 1 heterocycles. The quantitative estimate of drug-likeness (QED) is 0.608. The van der Waals surface area contributed by atoms with Crippen molar-refractivity contribution in [1.82, 2.24) is 0 Å². The summed E-state index contributed by atoms with van der Waals surface area (Å²) in [7, 11) is 0. The second-order valence-electron chi connectivity index (χ2n) is 10.0. The van der Waals surface area contributed by atoms with Crippen LogP contribution < -0.4 is 0 Å². The van der Waals surface area contributed by atoms with E-state index in [0.717, 1.165) is 5.57 Å². The highest BCUT2D eigenvalue weighted by molar-refractivity contribution is 6.01. The van der Waals surface area contributed by atoms with E-state index in [1.54, 1.807) is 12.2 Å². The fourth-order valence-corrected chi connectivity index (χ4v) is 7.73. The van der Waals surface area contributed by atoms with Gasteiger partial charge in [-0.1, -0.05) is 19.9 Å². The Morgan fingerprint density at radius 2 is 2.00 bits per heavy atom. The van der Waals surface area contributed by atoms with E-state index < -0.39 is 40.5 Å². The molecular weight excluding hydrogens is 360 g/mol. The molecule has 0 radical (unpaired) electrons. The molecule has 9 atom stereocenters. The maximum atomic E-state index is 12.6. The first-order valence-corrected chi connectivity index (χ1v) is 10.2. The van der Waals surface area contributed by atoms with Gasteiger partial charge in [0.2, 0.25) is 0 Å². The van der Waals surface area contributed by atoms with Gasteiger partial charge in [-0.25, -0.2) is 0 Å². The number of rotatable bonds is 2. The SMILES string of the molecule is C[C@@H]1CC2C3C[C@H](O)C4=CC(=O)C=C[C@]4(C)[C@@]34O[C@H]4C[C@]2(C)[C@@]1(O)C(=O)CO. The number of epoxide rings is 1. The van der Waals surface area contributed by atoms with Gasteiger partial charge < -0.3 is 20.1 Å². The molecule has 6 nitrogen and oxygen atoms in total. The monoisotopic (exact) mass is 388 g/mol. The third-order valence-corrected chi connectivity index (χ3v) is 9.11. The first-order chi connectivity index (χ1) is 13.1. The average Bonchev–Trinajstić information content (AvgIpc) is 3.34. The zero-order valence-corrected chi connectivity index (χ0v) is 16.5. The second-order valence-corrected chi connectivity index (χ2v) is 10.0. The summed E-state index contributed by atoms with van der Waals surface area (Å²) in [4.78, 5) is 24.6. The van der Waals surface area contributed by atoms with E-state index in [4.69, 9.17) is 4.74 Å². The van der Waals surface area contributed by atoms with Crippen molar-refractivity contribution in [3.63, 3.8) is 0 Å². The molecule has 0 aromatic carbocycles. The molecule has 1 aliphatic heterocycles. The van der Waals surface area contributed by atoms with Crippen molar-refractivity contribution in [2.45, 2.75) is 63.4 Å². The molecule has 28 heavy (non-hydrogen) atoms. The Morgan fingerprint density at radius 3 is 2.68 bits per heavy atom. The molecule has 3 N–H and O–H groups in total. The molecule has 5 aliphatic rings. The number of carbonyl (C=O) groups is 2. The molecule has 6 heteroatoms. The van der Waals surface area contributed by atoms with Crippen LogP contribution in [-0.2, 0) is 14.3 Å². The Labute approximate surface area is 164 Å². The Morgan fingerprint density at radius 1 is 1.29 bits per heavy atom. The molecule has 0 aromatic rings. The zero-order chi connectivity index (χ0) is 20.3. The fourth-order valence-electron chi connectivity index (χ4n) is 7.73. The number of fused-ring (bicyclic) bond motifs is 3. The minimum absolute atomic E-state index is 0.0131. The van der Waals surface area contributed by atoms with Crippen LogP contribution in [-0.4, -0.2) is 56.9 Å². The van der Waals surface area contributed by atoms with E-state index in [1.807, 2.05) is 26.8 Å². The summed E-state index contributed by atoms with van der Waals surface area (Å²) in [5.74, 6) is -0.960. The molecule has 0 bridgehead atoms. The second kappa shape index (κ2) is 5.22. The van der Waals surface area contributed by atoms with Gasteiger partial charge in [-0.3, -0.25) is 9.59 Å². The van der Waals surface area contributed by atoms with E-state index in [0.29, 0.717) is 19.3 Å². The lowest BCUT2D eigenvalue weighted by Crippen LogP contribution is -2.63. The maximum Gasteiger partial charge on any atom is 0.190 e. The summed E-state index contributed by atoms with van der Waals surface area (Å²) in [5, 5.41) is 32.0. The summed E-state index contributed by atoms with van der Waals surface area (Å²) in [6.45, 7) is 5.17. The van der Waals surface area contributed by atoms with Gasteiger partial charge in [-0.05, 0) is 61.7 Å². The summed E-state index contributed by atoms with van der Waals surface area (Å²) in [6.07, 6.45) is 5.71. The van der Waals surface area contributed by atoms with E-state index in [9.17, 15) is 24.9 Å². The Kier molecular flexibility index (Phi) is 3.48. The van der Waals surface area contributed by atoms with Crippen molar-refractivity contribution in [1.29, 1.82) is 0 Å². The molecule has 2 unspecified atom stereocenters. The van der Waals surface area contributed by atoms with Crippen LogP contribution in [0.5, 0.6) is 0 Å². The lowest BCUT2D eigenvalue weighted by atomic mass is 9.46. The minimum atomic E-state index is -1.59. The zero-order valence-electron chi connectivity index (χ0n) is 16.5. The van der Waals surface area contributed by atoms with Crippen LogP contribution in [0, 0.1) is 28.6 Å². The van der Waals surface area contributed by atoms with Gasteiger partial charge in [0.15, 0.2) is 11.6 Å². The summed E-state index contributed by atoms with van der Waals surface area (Å²) >= 11 is 0. The van der Waals surface area contributed by atoms with Gasteiger partial charge in [0.25, 0.3) is 0 Å². The van der Waals surface area contributed by atoms with Crippen molar-refractivity contribution in [2.24, 2.45) is 28.6 Å². The molecule has 0 aromatic heterocycles. The molecule has 1 spiro atoms. The number of aliphatic hydroxyl groups excluding tert-OH is 2. The maximum absolute atomic E-state index is 12.6. The van der Waals surface area contributed by atoms with Crippen LogP contribution in [0.25, 0.3) is 0 Å². The first-order valence-electron chi connectivity index (χ1n) is 10.2. The van der Waals surface area contributed by atoms with E-state index in [2.05, 4.69) is 0 Å². The Hall–Kier alpha value is -1.34. The molecular formula is C22H28O6. The normalized spacial score (nSPS) is 56.3. The summed E-state index contributed by atoms with van der Waals surface area (Å²) in [5.41, 5.74) is -2.67. The van der Waals surface area contributed by atoms with E-state index in [1.165, 1.54) is 0 Å². The number of ether oxygens (including phenoxy) is 1. The number of allylic oxidation sites excluding steroid dienone is 2. The van der Waals surface area contributed by atoms with Crippen LogP contribution in [0.2, 0.25) is 0 Å². The van der Waals surface area contributed by atoms with Gasteiger partial charge >= 0.3 is 0 Å². The van der Waals surface area contributed by atoms with Crippen molar-refractivity contribution in [3.8, 4) is 0 Å². The van der Waals surface area contributed by atoms with Crippen LogP contribution >= 0.6 is 0 Å². The molecule has 3 saturated carbocycles. The van der Waals surface area contributed by atoms with Crippen molar-refractivity contribution >= 4 is 11.6 Å². The number of ketones is 2. The topological polar surface area (TPSA) is 107 Å². The molecule has 5 rings (SSSR count). The Bertz CT molecular complexity index is 846. The molecule has 0 amide bonds. The minimum Gasteiger partial charge on any atom is -0.389 e. The van der Waals surface area contributed by atoms with Crippen LogP contribution in [0.4, 0.5) is 0 Å². The number of hydrogen-bond donors (Lipinski definition) is 3. The predicted octanol–water partition coefficient (Wildman–Crippen LogP) is 0.935. The predicted molar refractivity (Wildman–Crippen MR) is 99.1 cm³/mol. The number of hydrogen-bond acceptors (Lipinski definition) is 6. The van der Waals surface area contributed by atoms with E-state index in [-0.39, 0.29) is 29.6 Å². The van der Waals surface area contributed by atoms with E-state index >= 15 is 0 Å². The van der Waals surface area contributed by atoms with Gasteiger partial charge in [0.1, 0.15) is 17.8 Å². The number of carbonyl (C=O) groups excluding carboxylic acids is 2. The van der Waals surface area contributed by atoms with Crippen LogP contribution in [0.1, 0.15) is 40.0 Å². The van der Waals surface area contributed by atoms with Crippen molar-refractivity contribution in [3.05, 3.63) is 23.8 Å². The van der Waals surface area contributed by atoms with Gasteiger partial charge in [0.05, 0.1) is 12.2 Å². The van der Waals surface area contributed by atoms with Crippen molar-refractivity contribution in [2.75, 3.05) is 6.61 Å². The smallest absolute Gasteiger partial charge is 0.190 e. The Balaban J connectivity index is 1.63. The number of Topliss-reactive ketones (excluding diaryl/α,β-unsaturated/α-hetero) is 1. The largest absolute Gasteiger partial charge is 0.389 e. The third-order valence-electron chi connectivity index (χ3n) is 9.11. The highest BCUT2D eigenvalue weighted by Gasteiger charge is 2.82. The first kappa shape index (κ1) is 18.7. The van der Waals surface area contributed by atoms with Crippen LogP contribution in [0.15, 0.2) is 23.8 Å². The molecule has 4 aliphatic carbocycles. The summed E-state index contributed by atoms with van der Waals surface area (Å²) < 4.78 is 6.37.